The molecular weight excluding hydrogens is 314 g/mol. The van der Waals surface area contributed by atoms with Crippen LogP contribution in [0.4, 0.5) is 0 Å². The van der Waals surface area contributed by atoms with E-state index in [0.29, 0.717) is 6.42 Å². The second-order valence-corrected chi connectivity index (χ2v) is 6.88. The third-order valence-corrected chi connectivity index (χ3v) is 5.03. The van der Waals surface area contributed by atoms with Gasteiger partial charge in [0.2, 0.25) is 11.8 Å². The molecule has 0 bridgehead atoms. The van der Waals surface area contributed by atoms with Crippen LogP contribution in [0.5, 0.6) is 0 Å². The van der Waals surface area contributed by atoms with Crippen molar-refractivity contribution in [2.45, 2.75) is 25.8 Å². The molecule has 0 spiro atoms. The van der Waals surface area contributed by atoms with Crippen molar-refractivity contribution in [3.63, 3.8) is 0 Å². The fourth-order valence-electron chi connectivity index (χ4n) is 3.59. The van der Waals surface area contributed by atoms with E-state index < -0.39 is 0 Å². The van der Waals surface area contributed by atoms with Crippen LogP contribution in [0.1, 0.15) is 30.4 Å². The maximum atomic E-state index is 12.5. The van der Waals surface area contributed by atoms with E-state index in [2.05, 4.69) is 35.7 Å². The van der Waals surface area contributed by atoms with Crippen molar-refractivity contribution in [1.29, 1.82) is 0 Å². The Kier molecular flexibility index (Phi) is 5.87. The molecule has 0 N–H and O–H groups in total. The minimum atomic E-state index is 0.0887. The van der Waals surface area contributed by atoms with Gasteiger partial charge < -0.3 is 9.80 Å². The number of amides is 2. The van der Waals surface area contributed by atoms with Gasteiger partial charge >= 0.3 is 0 Å². The first kappa shape index (κ1) is 17.7. The Bertz CT molecular complexity index is 644. The summed E-state index contributed by atoms with van der Waals surface area (Å²) in [6.45, 7) is 9.08. The lowest BCUT2D eigenvalue weighted by molar-refractivity contribution is -0.138. The van der Waals surface area contributed by atoms with Crippen LogP contribution in [0.3, 0.4) is 0 Å². The summed E-state index contributed by atoms with van der Waals surface area (Å²) in [6, 6.07) is 8.42. The number of carbonyl (C=O) groups excluding carboxylic acids is 2. The highest BCUT2D eigenvalue weighted by Gasteiger charge is 2.26. The first-order valence-electron chi connectivity index (χ1n) is 9.15. The minimum Gasteiger partial charge on any atom is -0.340 e. The number of carbonyl (C=O) groups is 2. The van der Waals surface area contributed by atoms with E-state index in [9.17, 15) is 9.59 Å². The van der Waals surface area contributed by atoms with Crippen molar-refractivity contribution in [1.82, 2.24) is 14.7 Å². The van der Waals surface area contributed by atoms with E-state index in [1.165, 1.54) is 5.56 Å². The molecule has 0 atom stereocenters. The smallest absolute Gasteiger partial charge is 0.242 e. The zero-order chi connectivity index (χ0) is 17.6. The van der Waals surface area contributed by atoms with Gasteiger partial charge in [-0.1, -0.05) is 36.9 Å². The molecule has 2 amide bonds. The van der Waals surface area contributed by atoms with Gasteiger partial charge in [0.05, 0.1) is 6.54 Å². The highest BCUT2D eigenvalue weighted by Crippen LogP contribution is 2.13. The topological polar surface area (TPSA) is 43.9 Å². The van der Waals surface area contributed by atoms with Gasteiger partial charge in [-0.2, -0.15) is 0 Å². The fourth-order valence-corrected chi connectivity index (χ4v) is 3.59. The van der Waals surface area contributed by atoms with Crippen LogP contribution in [0, 0.1) is 0 Å². The van der Waals surface area contributed by atoms with Crippen molar-refractivity contribution >= 4 is 17.9 Å². The molecule has 134 valence electrons. The Balaban J connectivity index is 1.52. The first-order chi connectivity index (χ1) is 12.2. The molecule has 5 nitrogen and oxygen atoms in total. The number of benzene rings is 1. The molecule has 0 unspecified atom stereocenters. The van der Waals surface area contributed by atoms with Crippen molar-refractivity contribution in [3.05, 3.63) is 42.0 Å². The van der Waals surface area contributed by atoms with Crippen LogP contribution < -0.4 is 0 Å². The van der Waals surface area contributed by atoms with Crippen molar-refractivity contribution < 1.29 is 9.59 Å². The largest absolute Gasteiger partial charge is 0.340 e. The molecule has 0 aromatic heterocycles. The monoisotopic (exact) mass is 341 g/mol. The first-order valence-corrected chi connectivity index (χ1v) is 9.15. The summed E-state index contributed by atoms with van der Waals surface area (Å²) >= 11 is 0. The predicted molar refractivity (Wildman–Crippen MR) is 98.8 cm³/mol. The molecule has 2 aliphatic rings. The van der Waals surface area contributed by atoms with Crippen LogP contribution >= 0.6 is 0 Å². The summed E-state index contributed by atoms with van der Waals surface area (Å²) in [5.41, 5.74) is 2.42. The SMILES string of the molecule is C=Cc1cccc(CN2CCCN(C(=O)CN3CCCC3=O)CC2)c1. The second kappa shape index (κ2) is 8.30. The lowest BCUT2D eigenvalue weighted by Gasteiger charge is -2.24. The molecule has 2 saturated heterocycles. The van der Waals surface area contributed by atoms with Gasteiger partial charge in [-0.3, -0.25) is 14.5 Å². The quantitative estimate of drug-likeness (QED) is 0.823. The van der Waals surface area contributed by atoms with Crippen molar-refractivity contribution in [2.24, 2.45) is 0 Å². The molecule has 1 aromatic rings. The van der Waals surface area contributed by atoms with Gasteiger partial charge in [0.25, 0.3) is 0 Å². The summed E-state index contributed by atoms with van der Waals surface area (Å²) in [5, 5.41) is 0. The summed E-state index contributed by atoms with van der Waals surface area (Å²) in [5.74, 6) is 0.206. The third kappa shape index (κ3) is 4.69. The van der Waals surface area contributed by atoms with E-state index in [1.807, 2.05) is 11.0 Å². The van der Waals surface area contributed by atoms with Gasteiger partial charge in [-0.05, 0) is 24.0 Å². The number of nitrogens with zero attached hydrogens (tertiary/aromatic N) is 3. The van der Waals surface area contributed by atoms with E-state index in [1.54, 1.807) is 4.90 Å². The zero-order valence-corrected chi connectivity index (χ0v) is 14.8. The van der Waals surface area contributed by atoms with E-state index in [-0.39, 0.29) is 18.4 Å². The summed E-state index contributed by atoms with van der Waals surface area (Å²) < 4.78 is 0. The standard InChI is InChI=1S/C20H27N3O2/c1-2-17-6-3-7-18(14-17)15-21-9-5-11-22(13-12-21)20(25)16-23-10-4-8-19(23)24/h2-3,6-7,14H,1,4-5,8-13,15-16H2. The predicted octanol–water partition coefficient (Wildman–Crippen LogP) is 1.99. The lowest BCUT2D eigenvalue weighted by atomic mass is 10.1. The Morgan fingerprint density at radius 2 is 2.00 bits per heavy atom. The Morgan fingerprint density at radius 1 is 1.12 bits per heavy atom. The fraction of sp³-hybridized carbons (Fsp3) is 0.500. The maximum Gasteiger partial charge on any atom is 0.242 e. The molecule has 5 heteroatoms. The summed E-state index contributed by atoms with van der Waals surface area (Å²) in [7, 11) is 0. The van der Waals surface area contributed by atoms with Crippen LogP contribution in [0.25, 0.3) is 6.08 Å². The average Bonchev–Trinajstić information content (AvgIpc) is 2.88. The van der Waals surface area contributed by atoms with Crippen LogP contribution in [0.2, 0.25) is 0 Å². The zero-order valence-electron chi connectivity index (χ0n) is 14.8. The molecule has 2 heterocycles. The number of hydrogen-bond donors (Lipinski definition) is 0. The van der Waals surface area contributed by atoms with Gasteiger partial charge in [0.15, 0.2) is 0 Å². The molecule has 0 saturated carbocycles. The molecule has 2 aliphatic heterocycles. The number of rotatable bonds is 5. The van der Waals surface area contributed by atoms with Gasteiger partial charge in [0, 0.05) is 45.7 Å². The Hall–Kier alpha value is -2.14. The normalized spacial score (nSPS) is 19.1. The molecular formula is C20H27N3O2. The Morgan fingerprint density at radius 3 is 2.76 bits per heavy atom. The molecule has 1 aromatic carbocycles. The lowest BCUT2D eigenvalue weighted by Crippen LogP contribution is -2.42. The van der Waals surface area contributed by atoms with E-state index in [0.717, 1.165) is 57.7 Å². The molecule has 0 radical (unpaired) electrons. The van der Waals surface area contributed by atoms with Gasteiger partial charge in [0.1, 0.15) is 0 Å². The van der Waals surface area contributed by atoms with Crippen molar-refractivity contribution in [2.75, 3.05) is 39.3 Å². The van der Waals surface area contributed by atoms with Crippen LogP contribution in [0.15, 0.2) is 30.8 Å². The van der Waals surface area contributed by atoms with Crippen LogP contribution in [-0.4, -0.2) is 65.8 Å². The molecule has 0 aliphatic carbocycles. The minimum absolute atomic E-state index is 0.0887. The van der Waals surface area contributed by atoms with Crippen LogP contribution in [-0.2, 0) is 16.1 Å². The summed E-state index contributed by atoms with van der Waals surface area (Å²) in [4.78, 5) is 30.2. The van der Waals surface area contributed by atoms with E-state index in [4.69, 9.17) is 0 Å². The Labute approximate surface area is 149 Å². The molecule has 2 fully saturated rings. The highest BCUT2D eigenvalue weighted by atomic mass is 16.2. The van der Waals surface area contributed by atoms with E-state index >= 15 is 0 Å². The van der Waals surface area contributed by atoms with Gasteiger partial charge in [-0.25, -0.2) is 0 Å². The third-order valence-electron chi connectivity index (χ3n) is 5.03. The highest BCUT2D eigenvalue weighted by molar-refractivity contribution is 5.85. The summed E-state index contributed by atoms with van der Waals surface area (Å²) in [6.07, 6.45) is 4.31. The molecule has 25 heavy (non-hydrogen) atoms. The number of likely N-dealkylation sites (tertiary alicyclic amines) is 1. The average molecular weight is 341 g/mol. The van der Waals surface area contributed by atoms with Gasteiger partial charge in [-0.15, -0.1) is 0 Å². The second-order valence-electron chi connectivity index (χ2n) is 6.88. The van der Waals surface area contributed by atoms with Crippen molar-refractivity contribution in [3.8, 4) is 0 Å². The maximum absolute atomic E-state index is 12.5. The molecule has 3 rings (SSSR count). The number of hydrogen-bond acceptors (Lipinski definition) is 3.